The number of anilines is 1. The van der Waals surface area contributed by atoms with Crippen molar-refractivity contribution in [1.82, 2.24) is 19.8 Å². The molecule has 3 aromatic rings. The monoisotopic (exact) mass is 576 g/mol. The molecule has 2 aromatic carbocycles. The zero-order valence-corrected chi connectivity index (χ0v) is 24.6. The van der Waals surface area contributed by atoms with Gasteiger partial charge in [-0.3, -0.25) is 14.4 Å². The van der Waals surface area contributed by atoms with E-state index in [-0.39, 0.29) is 11.7 Å². The summed E-state index contributed by atoms with van der Waals surface area (Å²) in [6, 6.07) is 14.2. The molecule has 4 N–H and O–H groups in total. The Morgan fingerprint density at radius 3 is 2.38 bits per heavy atom. The van der Waals surface area contributed by atoms with Gasteiger partial charge in [-0.15, -0.1) is 0 Å². The maximum absolute atomic E-state index is 13.7. The molecule has 9 nitrogen and oxygen atoms in total. The van der Waals surface area contributed by atoms with Crippen LogP contribution in [-0.2, 0) is 20.8 Å². The number of hydrogen-bond acceptors (Lipinski definition) is 5. The SMILES string of the molecule is CC1CCN(C(=O)C(c2ccc(F)cc2)n2cnc(NC(=O)C(CCCc3ccccc3)NC(=O)C(C)(C)N)c2)CC1. The van der Waals surface area contributed by atoms with Crippen LogP contribution in [0.5, 0.6) is 0 Å². The first-order valence-electron chi connectivity index (χ1n) is 14.5. The van der Waals surface area contributed by atoms with Gasteiger partial charge in [0.15, 0.2) is 5.82 Å². The van der Waals surface area contributed by atoms with Crippen LogP contribution in [0.2, 0.25) is 0 Å². The molecule has 1 aromatic heterocycles. The number of benzene rings is 2. The lowest BCUT2D eigenvalue weighted by Crippen LogP contribution is -2.54. The number of carbonyl (C=O) groups is 3. The minimum Gasteiger partial charge on any atom is -0.343 e. The molecule has 2 heterocycles. The summed E-state index contributed by atoms with van der Waals surface area (Å²) in [5, 5.41) is 5.58. The summed E-state index contributed by atoms with van der Waals surface area (Å²) >= 11 is 0. The molecular formula is C32H41FN6O3. The highest BCUT2D eigenvalue weighted by Gasteiger charge is 2.31. The zero-order chi connectivity index (χ0) is 30.3. The maximum Gasteiger partial charge on any atom is 0.250 e. The number of hydrogen-bond donors (Lipinski definition) is 3. The van der Waals surface area contributed by atoms with Crippen molar-refractivity contribution >= 4 is 23.5 Å². The van der Waals surface area contributed by atoms with E-state index in [0.29, 0.717) is 37.4 Å². The molecule has 1 aliphatic heterocycles. The van der Waals surface area contributed by atoms with Crippen molar-refractivity contribution in [2.75, 3.05) is 18.4 Å². The molecule has 1 saturated heterocycles. The fraction of sp³-hybridized carbons (Fsp3) is 0.438. The van der Waals surface area contributed by atoms with Crippen LogP contribution in [0.1, 0.15) is 63.6 Å². The van der Waals surface area contributed by atoms with Crippen molar-refractivity contribution in [3.05, 3.63) is 84.1 Å². The number of aromatic nitrogens is 2. The van der Waals surface area contributed by atoms with E-state index in [2.05, 4.69) is 22.5 Å². The molecule has 2 unspecified atom stereocenters. The Morgan fingerprint density at radius 1 is 1.07 bits per heavy atom. The molecule has 10 heteroatoms. The number of nitrogens with one attached hydrogen (secondary N) is 2. The van der Waals surface area contributed by atoms with Crippen LogP contribution in [0, 0.1) is 11.7 Å². The smallest absolute Gasteiger partial charge is 0.250 e. The molecular weight excluding hydrogens is 535 g/mol. The molecule has 0 aliphatic carbocycles. The first kappa shape index (κ1) is 30.9. The maximum atomic E-state index is 13.7. The highest BCUT2D eigenvalue weighted by molar-refractivity contribution is 5.98. The van der Waals surface area contributed by atoms with Crippen LogP contribution >= 0.6 is 0 Å². The van der Waals surface area contributed by atoms with Crippen molar-refractivity contribution in [2.45, 2.75) is 70.5 Å². The standard InChI is InChI=1S/C32H41FN6O3/c1-22-16-18-38(19-17-22)30(41)28(24-12-14-25(33)15-13-24)39-20-27(35-21-39)37-29(40)26(36-31(42)32(2,3)34)11-7-10-23-8-5-4-6-9-23/h4-6,8-9,12-15,20-22,26,28H,7,10-11,16-19,34H2,1-3H3,(H,36,42)(H,37,40). The predicted molar refractivity (Wildman–Crippen MR) is 160 cm³/mol. The van der Waals surface area contributed by atoms with E-state index >= 15 is 0 Å². The van der Waals surface area contributed by atoms with E-state index in [0.717, 1.165) is 24.8 Å². The van der Waals surface area contributed by atoms with E-state index in [1.807, 2.05) is 35.2 Å². The van der Waals surface area contributed by atoms with E-state index in [9.17, 15) is 18.8 Å². The lowest BCUT2D eigenvalue weighted by atomic mass is 9.97. The number of likely N-dealkylation sites (tertiary alicyclic amines) is 1. The Morgan fingerprint density at radius 2 is 1.74 bits per heavy atom. The lowest BCUT2D eigenvalue weighted by Gasteiger charge is -2.33. The van der Waals surface area contributed by atoms with Crippen molar-refractivity contribution in [3.8, 4) is 0 Å². The third-order valence-electron chi connectivity index (χ3n) is 7.67. The summed E-state index contributed by atoms with van der Waals surface area (Å²) in [6.45, 7) is 6.64. The van der Waals surface area contributed by atoms with Crippen LogP contribution in [-0.4, -0.2) is 56.8 Å². The highest BCUT2D eigenvalue weighted by Crippen LogP contribution is 2.26. The van der Waals surface area contributed by atoms with E-state index in [1.54, 1.807) is 36.7 Å². The Hall–Kier alpha value is -4.05. The third kappa shape index (κ3) is 8.25. The molecule has 224 valence electrons. The molecule has 0 spiro atoms. The summed E-state index contributed by atoms with van der Waals surface area (Å²) in [7, 11) is 0. The van der Waals surface area contributed by atoms with Gasteiger partial charge >= 0.3 is 0 Å². The summed E-state index contributed by atoms with van der Waals surface area (Å²) < 4.78 is 15.4. The van der Waals surface area contributed by atoms with Crippen molar-refractivity contribution in [2.24, 2.45) is 11.7 Å². The van der Waals surface area contributed by atoms with Gasteiger partial charge in [-0.2, -0.15) is 0 Å². The number of amides is 3. The van der Waals surface area contributed by atoms with Gasteiger partial charge < -0.3 is 25.8 Å². The highest BCUT2D eigenvalue weighted by atomic mass is 19.1. The fourth-order valence-corrected chi connectivity index (χ4v) is 5.01. The first-order valence-corrected chi connectivity index (χ1v) is 14.5. The molecule has 42 heavy (non-hydrogen) atoms. The number of carbonyl (C=O) groups excluding carboxylic acids is 3. The van der Waals surface area contributed by atoms with Gasteiger partial charge in [-0.05, 0) is 75.1 Å². The molecule has 1 aliphatic rings. The second-order valence-electron chi connectivity index (χ2n) is 11.8. The fourth-order valence-electron chi connectivity index (χ4n) is 5.01. The van der Waals surface area contributed by atoms with Gasteiger partial charge in [0.05, 0.1) is 11.9 Å². The first-order chi connectivity index (χ1) is 20.0. The quantitative estimate of drug-likeness (QED) is 0.318. The third-order valence-corrected chi connectivity index (χ3v) is 7.67. The zero-order valence-electron chi connectivity index (χ0n) is 24.6. The predicted octanol–water partition coefficient (Wildman–Crippen LogP) is 4.05. The van der Waals surface area contributed by atoms with Gasteiger partial charge in [-0.1, -0.05) is 49.4 Å². The molecule has 1 fully saturated rings. The van der Waals surface area contributed by atoms with Gasteiger partial charge in [0, 0.05) is 19.3 Å². The number of aryl methyl sites for hydroxylation is 1. The van der Waals surface area contributed by atoms with Crippen LogP contribution in [0.4, 0.5) is 10.2 Å². The van der Waals surface area contributed by atoms with Crippen molar-refractivity contribution < 1.29 is 18.8 Å². The van der Waals surface area contributed by atoms with Crippen molar-refractivity contribution in [3.63, 3.8) is 0 Å². The largest absolute Gasteiger partial charge is 0.343 e. The summed E-state index contributed by atoms with van der Waals surface area (Å²) in [5.74, 6) is -0.580. The molecule has 0 saturated carbocycles. The van der Waals surface area contributed by atoms with E-state index in [1.165, 1.54) is 18.5 Å². The normalized spacial score (nSPS) is 15.6. The number of halogens is 1. The van der Waals surface area contributed by atoms with Crippen LogP contribution in [0.15, 0.2) is 67.1 Å². The number of piperidine rings is 1. The lowest BCUT2D eigenvalue weighted by molar-refractivity contribution is -0.135. The van der Waals surface area contributed by atoms with Gasteiger partial charge in [0.2, 0.25) is 17.7 Å². The number of imidazole rings is 1. The Bertz CT molecular complexity index is 1340. The Kier molecular flexibility index (Phi) is 10.1. The topological polar surface area (TPSA) is 122 Å². The van der Waals surface area contributed by atoms with Crippen molar-refractivity contribution in [1.29, 1.82) is 0 Å². The van der Waals surface area contributed by atoms with Crippen LogP contribution in [0.25, 0.3) is 0 Å². The van der Waals surface area contributed by atoms with Gasteiger partial charge in [-0.25, -0.2) is 9.37 Å². The summed E-state index contributed by atoms with van der Waals surface area (Å²) in [4.78, 5) is 46.0. The van der Waals surface area contributed by atoms with Crippen LogP contribution < -0.4 is 16.4 Å². The molecule has 0 bridgehead atoms. The van der Waals surface area contributed by atoms with E-state index in [4.69, 9.17) is 5.73 Å². The molecule has 2 atom stereocenters. The average molecular weight is 577 g/mol. The van der Waals surface area contributed by atoms with Gasteiger partial charge in [0.1, 0.15) is 17.9 Å². The number of nitrogens with two attached hydrogens (primary N) is 1. The molecule has 0 radical (unpaired) electrons. The summed E-state index contributed by atoms with van der Waals surface area (Å²) in [5.41, 5.74) is 6.58. The second-order valence-corrected chi connectivity index (χ2v) is 11.8. The minimum absolute atomic E-state index is 0.111. The number of rotatable bonds is 11. The Balaban J connectivity index is 1.51. The average Bonchev–Trinajstić information content (AvgIpc) is 3.41. The summed E-state index contributed by atoms with van der Waals surface area (Å²) in [6.07, 6.45) is 6.73. The second kappa shape index (κ2) is 13.7. The molecule has 3 amide bonds. The van der Waals surface area contributed by atoms with E-state index < -0.39 is 35.3 Å². The van der Waals surface area contributed by atoms with Crippen LogP contribution in [0.3, 0.4) is 0 Å². The Labute approximate surface area is 246 Å². The van der Waals surface area contributed by atoms with Gasteiger partial charge in [0.25, 0.3) is 0 Å². The minimum atomic E-state index is -1.16. The molecule has 4 rings (SSSR count). The number of nitrogens with zero attached hydrogens (tertiary/aromatic N) is 3.